The molecule has 0 radical (unpaired) electrons. The van der Waals surface area contributed by atoms with Gasteiger partial charge >= 0.3 is 6.61 Å². The first-order valence-corrected chi connectivity index (χ1v) is 8.31. The Morgan fingerprint density at radius 2 is 2.04 bits per heavy atom. The van der Waals surface area contributed by atoms with Crippen molar-refractivity contribution in [2.75, 3.05) is 0 Å². The molecule has 1 amide bonds. The summed E-state index contributed by atoms with van der Waals surface area (Å²) in [6.07, 6.45) is 1.60. The lowest BCUT2D eigenvalue weighted by Gasteiger charge is -2.25. The second-order valence-electron chi connectivity index (χ2n) is 6.84. The number of aryl methyl sites for hydroxylation is 1. The third-order valence-corrected chi connectivity index (χ3v) is 4.61. The van der Waals surface area contributed by atoms with E-state index >= 15 is 0 Å². The van der Waals surface area contributed by atoms with Crippen LogP contribution < -0.4 is 15.6 Å². The smallest absolute Gasteiger partial charge is 0.387 e. The topological polar surface area (TPSA) is 84.1 Å². The third-order valence-electron chi connectivity index (χ3n) is 4.61. The fourth-order valence-corrected chi connectivity index (χ4v) is 2.93. The first-order valence-electron chi connectivity index (χ1n) is 8.31. The Balaban J connectivity index is 1.88. The maximum absolute atomic E-state index is 14.1. The highest BCUT2D eigenvalue weighted by Crippen LogP contribution is 2.54. The van der Waals surface area contributed by atoms with Crippen LogP contribution >= 0.6 is 0 Å². The van der Waals surface area contributed by atoms with Gasteiger partial charge in [-0.25, -0.2) is 9.37 Å². The number of benzene rings is 1. The van der Waals surface area contributed by atoms with Crippen LogP contribution in [-0.2, 0) is 0 Å². The number of rotatable bonds is 6. The summed E-state index contributed by atoms with van der Waals surface area (Å²) < 4.78 is 42.8. The molecule has 0 bridgehead atoms. The number of alkyl halides is 2. The standard InChI is InChI=1S/C18H18F3N3O3/c1-9-22-12(8-14(25)23-9)16(26)24-15(18(2)5-6-18)10-3-4-13(11(19)7-10)27-17(20)21/h3-4,7-8,15,17H,5-6H2,1-2H3,(H,24,26)(H,22,23,25)/t15-/m0/s1. The van der Waals surface area contributed by atoms with Crippen LogP contribution in [0.15, 0.2) is 29.1 Å². The summed E-state index contributed by atoms with van der Waals surface area (Å²) in [5.41, 5.74) is -0.391. The summed E-state index contributed by atoms with van der Waals surface area (Å²) in [5.74, 6) is -1.79. The molecule has 1 aromatic heterocycles. The minimum Gasteiger partial charge on any atom is -0.432 e. The molecule has 2 N–H and O–H groups in total. The number of carbonyl (C=O) groups is 1. The molecule has 144 valence electrons. The fraction of sp³-hybridized carbons (Fsp3) is 0.389. The van der Waals surface area contributed by atoms with Crippen molar-refractivity contribution in [1.82, 2.24) is 15.3 Å². The first-order chi connectivity index (χ1) is 12.7. The quantitative estimate of drug-likeness (QED) is 0.805. The van der Waals surface area contributed by atoms with E-state index in [2.05, 4.69) is 20.0 Å². The minimum absolute atomic E-state index is 0.0522. The Morgan fingerprint density at radius 1 is 1.33 bits per heavy atom. The largest absolute Gasteiger partial charge is 0.432 e. The maximum Gasteiger partial charge on any atom is 0.387 e. The van der Waals surface area contributed by atoms with Gasteiger partial charge in [0.2, 0.25) is 0 Å². The minimum atomic E-state index is -3.13. The van der Waals surface area contributed by atoms with Gasteiger partial charge < -0.3 is 15.0 Å². The van der Waals surface area contributed by atoms with E-state index in [1.165, 1.54) is 6.07 Å². The number of aromatic amines is 1. The fourth-order valence-electron chi connectivity index (χ4n) is 2.93. The van der Waals surface area contributed by atoms with Gasteiger partial charge in [0.1, 0.15) is 11.5 Å². The van der Waals surface area contributed by atoms with E-state index in [1.807, 2.05) is 6.92 Å². The highest BCUT2D eigenvalue weighted by atomic mass is 19.3. The Bertz CT molecular complexity index is 926. The molecular weight excluding hydrogens is 363 g/mol. The Labute approximate surface area is 152 Å². The summed E-state index contributed by atoms with van der Waals surface area (Å²) in [4.78, 5) is 30.6. The Morgan fingerprint density at radius 3 is 2.59 bits per heavy atom. The predicted molar refractivity (Wildman–Crippen MR) is 90.2 cm³/mol. The average molecular weight is 381 g/mol. The van der Waals surface area contributed by atoms with Crippen LogP contribution in [0.2, 0.25) is 0 Å². The number of carbonyl (C=O) groups excluding carboxylic acids is 1. The summed E-state index contributed by atoms with van der Waals surface area (Å²) in [6.45, 7) is 0.345. The molecule has 27 heavy (non-hydrogen) atoms. The van der Waals surface area contributed by atoms with E-state index in [-0.39, 0.29) is 11.1 Å². The van der Waals surface area contributed by atoms with Crippen LogP contribution in [-0.4, -0.2) is 22.5 Å². The molecule has 0 saturated heterocycles. The number of hydrogen-bond acceptors (Lipinski definition) is 4. The zero-order valence-corrected chi connectivity index (χ0v) is 14.7. The van der Waals surface area contributed by atoms with E-state index in [4.69, 9.17) is 0 Å². The van der Waals surface area contributed by atoms with Crippen molar-refractivity contribution < 1.29 is 22.7 Å². The molecule has 2 aromatic rings. The monoisotopic (exact) mass is 381 g/mol. The maximum atomic E-state index is 14.1. The molecule has 1 atom stereocenters. The summed E-state index contributed by atoms with van der Waals surface area (Å²) in [6, 6.07) is 4.13. The van der Waals surface area contributed by atoms with Gasteiger partial charge in [-0.15, -0.1) is 0 Å². The molecule has 1 aromatic carbocycles. The van der Waals surface area contributed by atoms with Gasteiger partial charge in [0.05, 0.1) is 6.04 Å². The first kappa shape index (κ1) is 18.9. The lowest BCUT2D eigenvalue weighted by molar-refractivity contribution is -0.0522. The van der Waals surface area contributed by atoms with Gasteiger partial charge in [0, 0.05) is 6.07 Å². The SMILES string of the molecule is Cc1nc(C(=O)N[C@@H](c2ccc(OC(F)F)c(F)c2)C2(C)CC2)cc(=O)[nH]1. The lowest BCUT2D eigenvalue weighted by Crippen LogP contribution is -2.35. The van der Waals surface area contributed by atoms with Crippen LogP contribution in [0, 0.1) is 18.2 Å². The van der Waals surface area contributed by atoms with E-state index < -0.39 is 35.7 Å². The molecule has 6 nitrogen and oxygen atoms in total. The van der Waals surface area contributed by atoms with Crippen LogP contribution in [0.1, 0.15) is 47.7 Å². The number of amides is 1. The molecule has 0 spiro atoms. The highest BCUT2D eigenvalue weighted by Gasteiger charge is 2.46. The van der Waals surface area contributed by atoms with Gasteiger partial charge in [-0.3, -0.25) is 9.59 Å². The van der Waals surface area contributed by atoms with Crippen molar-refractivity contribution in [3.63, 3.8) is 0 Å². The van der Waals surface area contributed by atoms with Gasteiger partial charge in [0.25, 0.3) is 11.5 Å². The number of aromatic nitrogens is 2. The Kier molecular flexibility index (Phi) is 4.95. The van der Waals surface area contributed by atoms with E-state index in [0.717, 1.165) is 31.0 Å². The second kappa shape index (κ2) is 7.05. The van der Waals surface area contributed by atoms with Crippen LogP contribution in [0.5, 0.6) is 5.75 Å². The lowest BCUT2D eigenvalue weighted by atomic mass is 9.91. The van der Waals surface area contributed by atoms with E-state index in [9.17, 15) is 22.8 Å². The van der Waals surface area contributed by atoms with Crippen molar-refractivity contribution in [3.8, 4) is 5.75 Å². The van der Waals surface area contributed by atoms with Crippen molar-refractivity contribution in [2.24, 2.45) is 5.41 Å². The second-order valence-corrected chi connectivity index (χ2v) is 6.84. The van der Waals surface area contributed by atoms with Crippen molar-refractivity contribution in [3.05, 3.63) is 57.5 Å². The zero-order chi connectivity index (χ0) is 19.8. The van der Waals surface area contributed by atoms with Gasteiger partial charge in [-0.05, 0) is 42.9 Å². The number of H-pyrrole nitrogens is 1. The number of ether oxygens (including phenoxy) is 1. The van der Waals surface area contributed by atoms with Crippen LogP contribution in [0.25, 0.3) is 0 Å². The molecule has 0 aliphatic heterocycles. The molecule has 1 aliphatic carbocycles. The number of nitrogens with one attached hydrogen (secondary N) is 2. The molecule has 3 rings (SSSR count). The molecule has 1 fully saturated rings. The zero-order valence-electron chi connectivity index (χ0n) is 14.7. The molecule has 9 heteroatoms. The summed E-state index contributed by atoms with van der Waals surface area (Å²) in [7, 11) is 0. The Hall–Kier alpha value is -2.84. The number of halogens is 3. The van der Waals surface area contributed by atoms with Gasteiger partial charge in [0.15, 0.2) is 11.6 Å². The van der Waals surface area contributed by atoms with Crippen molar-refractivity contribution in [2.45, 2.75) is 39.3 Å². The molecule has 0 unspecified atom stereocenters. The van der Waals surface area contributed by atoms with Crippen LogP contribution in [0.3, 0.4) is 0 Å². The van der Waals surface area contributed by atoms with Gasteiger partial charge in [-0.1, -0.05) is 13.0 Å². The molecular formula is C18H18F3N3O3. The van der Waals surface area contributed by atoms with Gasteiger partial charge in [-0.2, -0.15) is 8.78 Å². The third kappa shape index (κ3) is 4.29. The van der Waals surface area contributed by atoms with E-state index in [0.29, 0.717) is 11.4 Å². The molecule has 1 heterocycles. The van der Waals surface area contributed by atoms with Crippen molar-refractivity contribution >= 4 is 5.91 Å². The van der Waals surface area contributed by atoms with E-state index in [1.54, 1.807) is 6.92 Å². The number of hydrogen-bond donors (Lipinski definition) is 2. The highest BCUT2D eigenvalue weighted by molar-refractivity contribution is 5.92. The normalized spacial score (nSPS) is 16.1. The summed E-state index contributed by atoms with van der Waals surface area (Å²) >= 11 is 0. The van der Waals surface area contributed by atoms with Crippen molar-refractivity contribution in [1.29, 1.82) is 0 Å². The number of nitrogens with zero attached hydrogens (tertiary/aromatic N) is 1. The average Bonchev–Trinajstić information content (AvgIpc) is 3.31. The molecule has 1 saturated carbocycles. The summed E-state index contributed by atoms with van der Waals surface area (Å²) in [5, 5.41) is 2.78. The predicted octanol–water partition coefficient (Wildman–Crippen LogP) is 3.09. The van der Waals surface area contributed by atoms with Crippen LogP contribution in [0.4, 0.5) is 13.2 Å². The molecule has 1 aliphatic rings.